The molecule has 0 aliphatic rings. The first-order valence-electron chi connectivity index (χ1n) is 2.90. The van der Waals surface area contributed by atoms with Gasteiger partial charge in [-0.2, -0.15) is 0 Å². The van der Waals surface area contributed by atoms with Crippen molar-refractivity contribution in [2.24, 2.45) is 5.50 Å². The highest BCUT2D eigenvalue weighted by Crippen LogP contribution is 2.38. The SMILES string of the molecule is NP(=O)(OCOC=O)OCOC=O. The molecule has 13 heavy (non-hydrogen) atoms. The summed E-state index contributed by atoms with van der Waals surface area (Å²) in [5.41, 5.74) is 4.92. The first-order valence-corrected chi connectivity index (χ1v) is 4.52. The van der Waals surface area contributed by atoms with E-state index in [9.17, 15) is 14.2 Å². The van der Waals surface area contributed by atoms with Crippen LogP contribution in [0, 0.1) is 0 Å². The summed E-state index contributed by atoms with van der Waals surface area (Å²) >= 11 is 0. The molecule has 9 heteroatoms. The van der Waals surface area contributed by atoms with Gasteiger partial charge in [-0.25, -0.2) is 10.1 Å². The molecule has 2 N–H and O–H groups in total. The van der Waals surface area contributed by atoms with Crippen molar-refractivity contribution in [1.29, 1.82) is 0 Å². The maximum Gasteiger partial charge on any atom is 0.408 e. The van der Waals surface area contributed by atoms with Crippen LogP contribution in [-0.2, 0) is 32.7 Å². The summed E-state index contributed by atoms with van der Waals surface area (Å²) < 4.78 is 27.5. The number of hydrogen-bond acceptors (Lipinski definition) is 7. The Hall–Kier alpha value is -0.950. The largest absolute Gasteiger partial charge is 0.440 e. The topological polar surface area (TPSA) is 114 Å². The van der Waals surface area contributed by atoms with Crippen molar-refractivity contribution in [2.45, 2.75) is 0 Å². The molecule has 0 aromatic carbocycles. The van der Waals surface area contributed by atoms with Crippen molar-refractivity contribution in [3.8, 4) is 0 Å². The molecule has 0 aromatic rings. The fraction of sp³-hybridized carbons (Fsp3) is 0.500. The Morgan fingerprint density at radius 2 is 1.46 bits per heavy atom. The van der Waals surface area contributed by atoms with E-state index in [4.69, 9.17) is 5.50 Å². The molecule has 0 radical (unpaired) electrons. The van der Waals surface area contributed by atoms with Gasteiger partial charge in [-0.1, -0.05) is 0 Å². The highest BCUT2D eigenvalue weighted by molar-refractivity contribution is 7.51. The predicted molar refractivity (Wildman–Crippen MR) is 38.0 cm³/mol. The van der Waals surface area contributed by atoms with Gasteiger partial charge in [-0.05, 0) is 0 Å². The lowest BCUT2D eigenvalue weighted by Gasteiger charge is -2.10. The van der Waals surface area contributed by atoms with Gasteiger partial charge in [-0.15, -0.1) is 0 Å². The Kier molecular flexibility index (Phi) is 6.07. The second-order valence-corrected chi connectivity index (χ2v) is 3.16. The van der Waals surface area contributed by atoms with E-state index >= 15 is 0 Å². The summed E-state index contributed by atoms with van der Waals surface area (Å²) in [6.07, 6.45) is 0. The molecule has 0 spiro atoms. The van der Waals surface area contributed by atoms with Crippen LogP contribution >= 0.6 is 7.75 Å². The molecule has 0 aliphatic carbocycles. The molecule has 0 aliphatic heterocycles. The normalized spacial score (nSPS) is 10.5. The average molecular weight is 213 g/mol. The summed E-state index contributed by atoms with van der Waals surface area (Å²) in [7, 11) is -3.82. The molecule has 8 nitrogen and oxygen atoms in total. The zero-order valence-corrected chi connectivity index (χ0v) is 7.35. The average Bonchev–Trinajstić information content (AvgIpc) is 2.05. The van der Waals surface area contributed by atoms with Crippen LogP contribution in [0.2, 0.25) is 0 Å². The Balaban J connectivity index is 3.59. The van der Waals surface area contributed by atoms with E-state index in [1.54, 1.807) is 0 Å². The minimum absolute atomic E-state index is 0.0852. The predicted octanol–water partition coefficient (Wildman–Crippen LogP) is -0.653. The van der Waals surface area contributed by atoms with Crippen LogP contribution < -0.4 is 5.50 Å². The Morgan fingerprint density at radius 3 is 1.77 bits per heavy atom. The molecular weight excluding hydrogens is 205 g/mol. The second kappa shape index (κ2) is 6.55. The zero-order valence-electron chi connectivity index (χ0n) is 6.45. The van der Waals surface area contributed by atoms with Gasteiger partial charge in [0.2, 0.25) is 13.6 Å². The van der Waals surface area contributed by atoms with Crippen LogP contribution in [0.3, 0.4) is 0 Å². The van der Waals surface area contributed by atoms with Crippen LogP contribution in [0.5, 0.6) is 0 Å². The molecule has 0 bridgehead atoms. The maximum atomic E-state index is 10.9. The summed E-state index contributed by atoms with van der Waals surface area (Å²) in [6.45, 7) is -1.03. The minimum Gasteiger partial charge on any atom is -0.440 e. The van der Waals surface area contributed by atoms with Gasteiger partial charge in [0.15, 0.2) is 0 Å². The van der Waals surface area contributed by atoms with Crippen LogP contribution in [-0.4, -0.2) is 26.5 Å². The molecule has 0 amide bonds. The number of rotatable bonds is 8. The van der Waals surface area contributed by atoms with E-state index in [1.807, 2.05) is 0 Å². The Bertz CT molecular complexity index is 189. The number of carbonyl (C=O) groups excluding carboxylic acids is 2. The number of nitrogens with two attached hydrogens (primary N) is 1. The van der Waals surface area contributed by atoms with Crippen molar-refractivity contribution < 1.29 is 32.7 Å². The molecule has 76 valence electrons. The Morgan fingerprint density at radius 1 is 1.08 bits per heavy atom. The molecule has 0 saturated carbocycles. The first kappa shape index (κ1) is 12.0. The third-order valence-electron chi connectivity index (χ3n) is 0.737. The fourth-order valence-corrected chi connectivity index (χ4v) is 0.791. The Labute approximate surface area is 73.5 Å². The van der Waals surface area contributed by atoms with Crippen molar-refractivity contribution in [1.82, 2.24) is 0 Å². The van der Waals surface area contributed by atoms with Gasteiger partial charge < -0.3 is 9.47 Å². The van der Waals surface area contributed by atoms with Gasteiger partial charge in [0.1, 0.15) is 0 Å². The van der Waals surface area contributed by atoms with Crippen LogP contribution in [0.1, 0.15) is 0 Å². The summed E-state index contributed by atoms with van der Waals surface area (Å²) in [4.78, 5) is 19.2. The number of hydrogen-bond donors (Lipinski definition) is 1. The van der Waals surface area contributed by atoms with E-state index < -0.39 is 21.3 Å². The summed E-state index contributed by atoms with van der Waals surface area (Å²) in [6, 6.07) is 0. The monoisotopic (exact) mass is 213 g/mol. The lowest BCUT2D eigenvalue weighted by Crippen LogP contribution is -2.08. The third kappa shape index (κ3) is 7.41. The van der Waals surface area contributed by atoms with E-state index in [2.05, 4.69) is 18.5 Å². The molecule has 0 atom stereocenters. The maximum absolute atomic E-state index is 10.9. The van der Waals surface area contributed by atoms with Gasteiger partial charge in [0.05, 0.1) is 0 Å². The van der Waals surface area contributed by atoms with Gasteiger partial charge in [0.25, 0.3) is 12.9 Å². The van der Waals surface area contributed by atoms with E-state index in [1.165, 1.54) is 0 Å². The lowest BCUT2D eigenvalue weighted by atomic mass is 11.4. The highest BCUT2D eigenvalue weighted by Gasteiger charge is 2.18. The van der Waals surface area contributed by atoms with Crippen LogP contribution in [0.15, 0.2) is 0 Å². The quantitative estimate of drug-likeness (QED) is 0.245. The minimum atomic E-state index is -3.82. The van der Waals surface area contributed by atoms with Crippen molar-refractivity contribution in [2.75, 3.05) is 13.6 Å². The molecule has 0 aromatic heterocycles. The zero-order chi connectivity index (χ0) is 10.2. The molecule has 0 rings (SSSR count). The summed E-state index contributed by atoms with van der Waals surface area (Å²) in [5.74, 6) is 0. The number of ether oxygens (including phenoxy) is 2. The highest BCUT2D eigenvalue weighted by atomic mass is 31.2. The van der Waals surface area contributed by atoms with Gasteiger partial charge in [0, 0.05) is 0 Å². The molecule has 0 fully saturated rings. The van der Waals surface area contributed by atoms with Gasteiger partial charge in [-0.3, -0.25) is 18.6 Å². The lowest BCUT2D eigenvalue weighted by molar-refractivity contribution is -0.136. The summed E-state index contributed by atoms with van der Waals surface area (Å²) in [5, 5.41) is 0. The smallest absolute Gasteiger partial charge is 0.408 e. The molecule has 0 unspecified atom stereocenters. The molecule has 0 saturated heterocycles. The number of carbonyl (C=O) groups is 2. The van der Waals surface area contributed by atoms with Gasteiger partial charge >= 0.3 is 7.75 Å². The second-order valence-electron chi connectivity index (χ2n) is 1.56. The molecular formula is C4H8NO7P. The van der Waals surface area contributed by atoms with Crippen molar-refractivity contribution in [3.05, 3.63) is 0 Å². The van der Waals surface area contributed by atoms with Crippen molar-refractivity contribution in [3.63, 3.8) is 0 Å². The fourth-order valence-electron chi connectivity index (χ4n) is 0.301. The molecule has 0 heterocycles. The van der Waals surface area contributed by atoms with E-state index in [0.717, 1.165) is 0 Å². The standard InChI is InChI=1S/C4H8NO7P/c5-13(8,11-3-9-1-6)12-4-10-2-7/h1-2H,3-4H2,(H2,5,8). The van der Waals surface area contributed by atoms with Crippen LogP contribution in [0.4, 0.5) is 0 Å². The third-order valence-corrected chi connectivity index (χ3v) is 1.67. The van der Waals surface area contributed by atoms with Crippen molar-refractivity contribution >= 4 is 20.7 Å². The van der Waals surface area contributed by atoms with Crippen LogP contribution in [0.25, 0.3) is 0 Å². The van der Waals surface area contributed by atoms with E-state index in [0.29, 0.717) is 0 Å². The first-order chi connectivity index (χ1) is 6.12. The van der Waals surface area contributed by atoms with E-state index in [-0.39, 0.29) is 12.9 Å².